The van der Waals surface area contributed by atoms with Gasteiger partial charge in [0.15, 0.2) is 5.13 Å². The molecule has 0 saturated heterocycles. The third-order valence-corrected chi connectivity index (χ3v) is 4.50. The van der Waals surface area contributed by atoms with E-state index in [-0.39, 0.29) is 12.5 Å². The molecule has 0 aliphatic carbocycles. The summed E-state index contributed by atoms with van der Waals surface area (Å²) in [6, 6.07) is 13.2. The van der Waals surface area contributed by atoms with Crippen LogP contribution in [-0.4, -0.2) is 25.7 Å². The topological polar surface area (TPSA) is 84.7 Å². The molecule has 1 amide bonds. The van der Waals surface area contributed by atoms with Gasteiger partial charge in [-0.05, 0) is 30.3 Å². The lowest BCUT2D eigenvalue weighted by molar-refractivity contribution is -0.116. The van der Waals surface area contributed by atoms with Crippen LogP contribution in [-0.2, 0) is 11.3 Å². The minimum absolute atomic E-state index is 0.122. The Kier molecular flexibility index (Phi) is 4.88. The van der Waals surface area contributed by atoms with Gasteiger partial charge in [0.2, 0.25) is 5.91 Å². The quantitative estimate of drug-likeness (QED) is 0.535. The van der Waals surface area contributed by atoms with Crippen LogP contribution in [0.15, 0.2) is 72.6 Å². The summed E-state index contributed by atoms with van der Waals surface area (Å²) in [7, 11) is 0. The van der Waals surface area contributed by atoms with E-state index in [9.17, 15) is 4.79 Å². The van der Waals surface area contributed by atoms with Crippen molar-refractivity contribution in [2.24, 2.45) is 0 Å². The van der Waals surface area contributed by atoms with Gasteiger partial charge in [-0.1, -0.05) is 12.1 Å². The van der Waals surface area contributed by atoms with Gasteiger partial charge in [-0.3, -0.25) is 14.5 Å². The van der Waals surface area contributed by atoms with E-state index in [1.165, 1.54) is 11.3 Å². The van der Waals surface area contributed by atoms with Gasteiger partial charge in [-0.2, -0.15) is 5.10 Å². The summed E-state index contributed by atoms with van der Waals surface area (Å²) in [5.41, 5.74) is 3.49. The second-order valence-electron chi connectivity index (χ2n) is 5.73. The van der Waals surface area contributed by atoms with Crippen molar-refractivity contribution in [2.75, 3.05) is 10.6 Å². The number of thiazole rings is 1. The van der Waals surface area contributed by atoms with Crippen molar-refractivity contribution >= 4 is 33.8 Å². The molecule has 1 aromatic carbocycles. The number of anilines is 3. The lowest BCUT2D eigenvalue weighted by Gasteiger charge is -2.06. The summed E-state index contributed by atoms with van der Waals surface area (Å²) >= 11 is 1.53. The molecule has 0 atom stereocenters. The second kappa shape index (κ2) is 7.79. The van der Waals surface area contributed by atoms with Crippen LogP contribution >= 0.6 is 11.3 Å². The fourth-order valence-corrected chi connectivity index (χ4v) is 3.23. The van der Waals surface area contributed by atoms with Gasteiger partial charge in [0, 0.05) is 35.2 Å². The predicted molar refractivity (Wildman–Crippen MR) is 106 cm³/mol. The first-order valence-corrected chi connectivity index (χ1v) is 9.14. The Morgan fingerprint density at radius 2 is 1.96 bits per heavy atom. The van der Waals surface area contributed by atoms with Gasteiger partial charge in [-0.25, -0.2) is 4.98 Å². The number of benzene rings is 1. The average Bonchev–Trinajstić information content (AvgIpc) is 3.35. The highest BCUT2D eigenvalue weighted by Gasteiger charge is 2.07. The highest BCUT2D eigenvalue weighted by molar-refractivity contribution is 7.14. The molecule has 0 aliphatic rings. The first kappa shape index (κ1) is 16.9. The van der Waals surface area contributed by atoms with Crippen LogP contribution in [0.5, 0.6) is 0 Å². The minimum atomic E-state index is -0.122. The van der Waals surface area contributed by atoms with Crippen molar-refractivity contribution in [1.29, 1.82) is 0 Å². The van der Waals surface area contributed by atoms with E-state index in [1.54, 1.807) is 35.5 Å². The van der Waals surface area contributed by atoms with Gasteiger partial charge >= 0.3 is 0 Å². The standard InChI is InChI=1S/C19H16N6OS/c26-18(12-25-10-2-9-21-25)22-15-6-4-14(5-7-15)17-13-27-19(24-17)23-16-3-1-8-20-11-16/h1-11,13H,12H2,(H,22,26)(H,23,24). The Balaban J connectivity index is 1.39. The molecule has 3 aromatic heterocycles. The lowest BCUT2D eigenvalue weighted by atomic mass is 10.1. The fourth-order valence-electron chi connectivity index (χ4n) is 2.49. The highest BCUT2D eigenvalue weighted by atomic mass is 32.1. The van der Waals surface area contributed by atoms with Crippen LogP contribution in [0.1, 0.15) is 0 Å². The number of hydrogen-bond acceptors (Lipinski definition) is 6. The van der Waals surface area contributed by atoms with E-state index in [0.717, 1.165) is 27.8 Å². The molecule has 27 heavy (non-hydrogen) atoms. The van der Waals surface area contributed by atoms with E-state index in [1.807, 2.05) is 41.8 Å². The number of carbonyl (C=O) groups excluding carboxylic acids is 1. The van der Waals surface area contributed by atoms with Crippen LogP contribution in [0.3, 0.4) is 0 Å². The third kappa shape index (κ3) is 4.36. The van der Waals surface area contributed by atoms with Gasteiger partial charge in [0.1, 0.15) is 6.54 Å². The molecule has 7 nitrogen and oxygen atoms in total. The number of nitrogens with one attached hydrogen (secondary N) is 2. The zero-order valence-corrected chi connectivity index (χ0v) is 15.1. The zero-order chi connectivity index (χ0) is 18.5. The molecule has 3 heterocycles. The molecule has 134 valence electrons. The molecular weight excluding hydrogens is 360 g/mol. The molecule has 4 aromatic rings. The maximum Gasteiger partial charge on any atom is 0.246 e. The molecule has 0 bridgehead atoms. The van der Waals surface area contributed by atoms with Crippen molar-refractivity contribution in [3.63, 3.8) is 0 Å². The molecule has 0 spiro atoms. The Hall–Kier alpha value is -3.52. The van der Waals surface area contributed by atoms with Crippen LogP contribution in [0.2, 0.25) is 0 Å². The number of pyridine rings is 1. The summed E-state index contributed by atoms with van der Waals surface area (Å²) in [5.74, 6) is -0.122. The first-order chi connectivity index (χ1) is 13.3. The smallest absolute Gasteiger partial charge is 0.246 e. The van der Waals surface area contributed by atoms with Gasteiger partial charge in [0.05, 0.1) is 17.6 Å². The Labute approximate surface area is 159 Å². The van der Waals surface area contributed by atoms with Crippen molar-refractivity contribution in [3.8, 4) is 11.3 Å². The molecule has 4 rings (SSSR count). The molecule has 0 saturated carbocycles. The van der Waals surface area contributed by atoms with Gasteiger partial charge in [0.25, 0.3) is 0 Å². The number of aromatic nitrogens is 4. The highest BCUT2D eigenvalue weighted by Crippen LogP contribution is 2.27. The van der Waals surface area contributed by atoms with E-state index in [0.29, 0.717) is 0 Å². The number of amides is 1. The van der Waals surface area contributed by atoms with E-state index >= 15 is 0 Å². The van der Waals surface area contributed by atoms with Crippen molar-refractivity contribution in [2.45, 2.75) is 6.54 Å². The number of hydrogen-bond donors (Lipinski definition) is 2. The summed E-state index contributed by atoms with van der Waals surface area (Å²) in [5, 5.41) is 12.9. The number of carbonyl (C=O) groups is 1. The monoisotopic (exact) mass is 376 g/mol. The zero-order valence-electron chi connectivity index (χ0n) is 14.2. The molecule has 0 unspecified atom stereocenters. The maximum atomic E-state index is 12.0. The van der Waals surface area contributed by atoms with Crippen LogP contribution in [0.4, 0.5) is 16.5 Å². The molecule has 2 N–H and O–H groups in total. The SMILES string of the molecule is O=C(Cn1cccn1)Nc1ccc(-c2csc(Nc3cccnc3)n2)cc1. The van der Waals surface area contributed by atoms with Crippen molar-refractivity contribution < 1.29 is 4.79 Å². The molecule has 0 radical (unpaired) electrons. The Morgan fingerprint density at radius 3 is 2.70 bits per heavy atom. The normalized spacial score (nSPS) is 10.5. The first-order valence-electron chi connectivity index (χ1n) is 8.26. The van der Waals surface area contributed by atoms with Gasteiger partial charge in [-0.15, -0.1) is 11.3 Å². The molecule has 8 heteroatoms. The molecular formula is C19H16N6OS. The van der Waals surface area contributed by atoms with Crippen molar-refractivity contribution in [1.82, 2.24) is 19.7 Å². The Morgan fingerprint density at radius 1 is 1.07 bits per heavy atom. The largest absolute Gasteiger partial charge is 0.330 e. The lowest BCUT2D eigenvalue weighted by Crippen LogP contribution is -2.18. The Bertz CT molecular complexity index is 1010. The van der Waals surface area contributed by atoms with Gasteiger partial charge < -0.3 is 10.6 Å². The number of rotatable bonds is 6. The van der Waals surface area contributed by atoms with Crippen LogP contribution < -0.4 is 10.6 Å². The van der Waals surface area contributed by atoms with E-state index in [4.69, 9.17) is 0 Å². The van der Waals surface area contributed by atoms with Crippen LogP contribution in [0, 0.1) is 0 Å². The van der Waals surface area contributed by atoms with Crippen LogP contribution in [0.25, 0.3) is 11.3 Å². The summed E-state index contributed by atoms with van der Waals surface area (Å²) < 4.78 is 1.58. The number of nitrogens with zero attached hydrogens (tertiary/aromatic N) is 4. The van der Waals surface area contributed by atoms with E-state index in [2.05, 4.69) is 25.7 Å². The predicted octanol–water partition coefficient (Wildman–Crippen LogP) is 3.78. The maximum absolute atomic E-state index is 12.0. The molecule has 0 fully saturated rings. The third-order valence-electron chi connectivity index (χ3n) is 3.75. The van der Waals surface area contributed by atoms with E-state index < -0.39 is 0 Å². The second-order valence-corrected chi connectivity index (χ2v) is 6.59. The summed E-state index contributed by atoms with van der Waals surface area (Å²) in [4.78, 5) is 20.7. The fraction of sp³-hybridized carbons (Fsp3) is 0.0526. The molecule has 0 aliphatic heterocycles. The minimum Gasteiger partial charge on any atom is -0.330 e. The summed E-state index contributed by atoms with van der Waals surface area (Å²) in [6.07, 6.45) is 6.88. The average molecular weight is 376 g/mol. The van der Waals surface area contributed by atoms with Crippen molar-refractivity contribution in [3.05, 3.63) is 72.6 Å². The summed E-state index contributed by atoms with van der Waals surface area (Å²) in [6.45, 7) is 0.185.